The van der Waals surface area contributed by atoms with E-state index in [0.29, 0.717) is 23.6 Å². The van der Waals surface area contributed by atoms with Crippen LogP contribution in [0.25, 0.3) is 0 Å². The number of ketones is 1. The van der Waals surface area contributed by atoms with Gasteiger partial charge in [-0.15, -0.1) is 0 Å². The number of carbonyl (C=O) groups is 2. The molecule has 102 valence electrons. The molecule has 5 heteroatoms. The van der Waals surface area contributed by atoms with Crippen LogP contribution in [0.4, 0.5) is 0 Å². The first-order valence-corrected chi connectivity index (χ1v) is 6.10. The Morgan fingerprint density at radius 2 is 1.75 bits per heavy atom. The molecule has 0 saturated carbocycles. The topological polar surface area (TPSA) is 76.5 Å². The maximum absolute atomic E-state index is 11.4. The summed E-state index contributed by atoms with van der Waals surface area (Å²) in [6.45, 7) is 1.78. The Labute approximate surface area is 115 Å². The standard InChI is InChI=1S/C15H13NO4/c1-2-14(17)13-8-7-12(9-16-13)20-11-5-3-10(4-6-11)15(18)19/h3-9H,2H2,1H3,(H,18,19). The minimum atomic E-state index is -0.986. The number of aromatic carboxylic acids is 1. The molecule has 1 aromatic heterocycles. The van der Waals surface area contributed by atoms with Crippen molar-refractivity contribution < 1.29 is 19.4 Å². The number of carboxylic acid groups (broad SMARTS) is 1. The van der Waals surface area contributed by atoms with Gasteiger partial charge in [-0.25, -0.2) is 9.78 Å². The lowest BCUT2D eigenvalue weighted by molar-refractivity contribution is 0.0696. The Hall–Kier alpha value is -2.69. The summed E-state index contributed by atoms with van der Waals surface area (Å²) in [7, 11) is 0. The number of pyridine rings is 1. The summed E-state index contributed by atoms with van der Waals surface area (Å²) in [5.41, 5.74) is 0.598. The summed E-state index contributed by atoms with van der Waals surface area (Å²) in [6, 6.07) is 9.30. The molecule has 1 N–H and O–H groups in total. The van der Waals surface area contributed by atoms with Crippen LogP contribution < -0.4 is 4.74 Å². The maximum Gasteiger partial charge on any atom is 0.335 e. The lowest BCUT2D eigenvalue weighted by Gasteiger charge is -2.06. The normalized spacial score (nSPS) is 10.1. The number of aromatic nitrogens is 1. The van der Waals surface area contributed by atoms with Crippen molar-refractivity contribution in [3.05, 3.63) is 53.9 Å². The van der Waals surface area contributed by atoms with Crippen molar-refractivity contribution in [2.24, 2.45) is 0 Å². The van der Waals surface area contributed by atoms with Gasteiger partial charge in [0.1, 0.15) is 17.2 Å². The molecule has 0 aliphatic rings. The molecule has 2 rings (SSSR count). The summed E-state index contributed by atoms with van der Waals surface area (Å²) in [6.07, 6.45) is 1.87. The van der Waals surface area contributed by atoms with Gasteiger partial charge in [-0.3, -0.25) is 4.79 Å². The summed E-state index contributed by atoms with van der Waals surface area (Å²) in [5.74, 6) is -0.0184. The number of hydrogen-bond donors (Lipinski definition) is 1. The number of benzene rings is 1. The quantitative estimate of drug-likeness (QED) is 0.845. The predicted molar refractivity (Wildman–Crippen MR) is 72.3 cm³/mol. The van der Waals surface area contributed by atoms with E-state index in [1.54, 1.807) is 31.2 Å². The van der Waals surface area contributed by atoms with E-state index < -0.39 is 5.97 Å². The molecule has 0 aliphatic carbocycles. The first-order valence-electron chi connectivity index (χ1n) is 6.10. The van der Waals surface area contributed by atoms with Crippen molar-refractivity contribution in [3.8, 4) is 11.5 Å². The average molecular weight is 271 g/mol. The highest BCUT2D eigenvalue weighted by Crippen LogP contribution is 2.21. The second-order valence-corrected chi connectivity index (χ2v) is 4.09. The van der Waals surface area contributed by atoms with Crippen LogP contribution in [-0.4, -0.2) is 21.8 Å². The molecular formula is C15H13NO4. The summed E-state index contributed by atoms with van der Waals surface area (Å²) in [4.78, 5) is 26.2. The number of nitrogens with zero attached hydrogens (tertiary/aromatic N) is 1. The van der Waals surface area contributed by atoms with Gasteiger partial charge in [0.15, 0.2) is 5.78 Å². The Balaban J connectivity index is 2.10. The monoisotopic (exact) mass is 271 g/mol. The summed E-state index contributed by atoms with van der Waals surface area (Å²) >= 11 is 0. The van der Waals surface area contributed by atoms with E-state index in [4.69, 9.17) is 9.84 Å². The third-order valence-electron chi connectivity index (χ3n) is 2.68. The van der Waals surface area contributed by atoms with E-state index in [9.17, 15) is 9.59 Å². The lowest BCUT2D eigenvalue weighted by atomic mass is 10.2. The van der Waals surface area contributed by atoms with E-state index in [0.717, 1.165) is 0 Å². The molecule has 1 heterocycles. The van der Waals surface area contributed by atoms with Crippen molar-refractivity contribution in [2.45, 2.75) is 13.3 Å². The van der Waals surface area contributed by atoms with Crippen LogP contribution in [0, 0.1) is 0 Å². The fourth-order valence-electron chi connectivity index (χ4n) is 1.59. The summed E-state index contributed by atoms with van der Waals surface area (Å²) in [5, 5.41) is 8.79. The minimum absolute atomic E-state index is 0.0256. The molecular weight excluding hydrogens is 258 g/mol. The highest BCUT2D eigenvalue weighted by atomic mass is 16.5. The van der Waals surface area contributed by atoms with Gasteiger partial charge in [0.05, 0.1) is 11.8 Å². The zero-order valence-electron chi connectivity index (χ0n) is 10.9. The van der Waals surface area contributed by atoms with Gasteiger partial charge in [0, 0.05) is 6.42 Å². The van der Waals surface area contributed by atoms with E-state index in [2.05, 4.69) is 4.98 Å². The lowest BCUT2D eigenvalue weighted by Crippen LogP contribution is -1.99. The van der Waals surface area contributed by atoms with E-state index in [1.807, 2.05) is 0 Å². The maximum atomic E-state index is 11.4. The zero-order valence-corrected chi connectivity index (χ0v) is 10.9. The summed E-state index contributed by atoms with van der Waals surface area (Å²) < 4.78 is 5.51. The zero-order chi connectivity index (χ0) is 14.5. The van der Waals surface area contributed by atoms with Crippen LogP contribution >= 0.6 is 0 Å². The average Bonchev–Trinajstić information content (AvgIpc) is 2.48. The Morgan fingerprint density at radius 3 is 2.25 bits per heavy atom. The predicted octanol–water partition coefficient (Wildman–Crippen LogP) is 3.16. The van der Waals surface area contributed by atoms with E-state index >= 15 is 0 Å². The fourth-order valence-corrected chi connectivity index (χ4v) is 1.59. The molecule has 0 unspecified atom stereocenters. The van der Waals surface area contributed by atoms with Gasteiger partial charge in [-0.1, -0.05) is 6.92 Å². The molecule has 0 aliphatic heterocycles. The van der Waals surface area contributed by atoms with Gasteiger partial charge in [-0.05, 0) is 36.4 Å². The molecule has 0 bridgehead atoms. The minimum Gasteiger partial charge on any atom is -0.478 e. The fraction of sp³-hybridized carbons (Fsp3) is 0.133. The number of hydrogen-bond acceptors (Lipinski definition) is 4. The first kappa shape index (κ1) is 13.7. The largest absolute Gasteiger partial charge is 0.478 e. The van der Waals surface area contributed by atoms with Crippen LogP contribution in [0.15, 0.2) is 42.6 Å². The number of carboxylic acids is 1. The van der Waals surface area contributed by atoms with Crippen LogP contribution in [-0.2, 0) is 0 Å². The second-order valence-electron chi connectivity index (χ2n) is 4.09. The number of Topliss-reactive ketones (excluding diaryl/α,β-unsaturated/α-hetero) is 1. The van der Waals surface area contributed by atoms with Crippen molar-refractivity contribution >= 4 is 11.8 Å². The Morgan fingerprint density at radius 1 is 1.10 bits per heavy atom. The van der Waals surface area contributed by atoms with E-state index in [-0.39, 0.29) is 11.3 Å². The van der Waals surface area contributed by atoms with Crippen LogP contribution in [0.5, 0.6) is 11.5 Å². The number of rotatable bonds is 5. The van der Waals surface area contributed by atoms with Crippen LogP contribution in [0.3, 0.4) is 0 Å². The molecule has 1 aromatic carbocycles. The molecule has 0 saturated heterocycles. The number of carbonyl (C=O) groups excluding carboxylic acids is 1. The molecule has 20 heavy (non-hydrogen) atoms. The van der Waals surface area contributed by atoms with Crippen molar-refractivity contribution in [3.63, 3.8) is 0 Å². The van der Waals surface area contributed by atoms with Gasteiger partial charge in [0.25, 0.3) is 0 Å². The van der Waals surface area contributed by atoms with Crippen molar-refractivity contribution in [1.82, 2.24) is 4.98 Å². The van der Waals surface area contributed by atoms with Crippen molar-refractivity contribution in [2.75, 3.05) is 0 Å². The molecule has 0 atom stereocenters. The van der Waals surface area contributed by atoms with E-state index in [1.165, 1.54) is 18.3 Å². The smallest absolute Gasteiger partial charge is 0.335 e. The van der Waals surface area contributed by atoms with Gasteiger partial charge >= 0.3 is 5.97 Å². The molecule has 0 fully saturated rings. The Kier molecular flexibility index (Phi) is 4.10. The van der Waals surface area contributed by atoms with Crippen LogP contribution in [0.2, 0.25) is 0 Å². The van der Waals surface area contributed by atoms with Crippen LogP contribution in [0.1, 0.15) is 34.2 Å². The Bertz CT molecular complexity index is 617. The molecule has 5 nitrogen and oxygen atoms in total. The number of ether oxygens (including phenoxy) is 1. The van der Waals surface area contributed by atoms with Crippen molar-refractivity contribution in [1.29, 1.82) is 0 Å². The third-order valence-corrected chi connectivity index (χ3v) is 2.68. The van der Waals surface area contributed by atoms with Gasteiger partial charge in [-0.2, -0.15) is 0 Å². The third kappa shape index (κ3) is 3.20. The van der Waals surface area contributed by atoms with Gasteiger partial charge in [0.2, 0.25) is 0 Å². The van der Waals surface area contributed by atoms with Gasteiger partial charge < -0.3 is 9.84 Å². The molecule has 2 aromatic rings. The SMILES string of the molecule is CCC(=O)c1ccc(Oc2ccc(C(=O)O)cc2)cn1. The second kappa shape index (κ2) is 5.97. The molecule has 0 spiro atoms. The molecule has 0 amide bonds. The highest BCUT2D eigenvalue weighted by molar-refractivity contribution is 5.93. The first-order chi connectivity index (χ1) is 9.60. The highest BCUT2D eigenvalue weighted by Gasteiger charge is 2.06. The molecule has 0 radical (unpaired) electrons.